The number of nitrogens with zero attached hydrogens (tertiary/aromatic N) is 6. The van der Waals surface area contributed by atoms with Crippen LogP contribution in [0.1, 0.15) is 26.5 Å². The lowest BCUT2D eigenvalue weighted by Gasteiger charge is -2.24. The van der Waals surface area contributed by atoms with Crippen LogP contribution in [0.4, 0.5) is 5.82 Å². The third kappa shape index (κ3) is 3.34. The first-order valence-electron chi connectivity index (χ1n) is 9.21. The fraction of sp³-hybridized carbons (Fsp3) is 0.611. The van der Waals surface area contributed by atoms with E-state index in [2.05, 4.69) is 46.8 Å². The van der Waals surface area contributed by atoms with Crippen LogP contribution in [0, 0.1) is 11.8 Å². The largest absolute Gasteiger partial charge is 0.356 e. The molecular weight excluding hydrogens is 364 g/mol. The van der Waals surface area contributed by atoms with E-state index in [0.717, 1.165) is 24.6 Å². The molecule has 2 aliphatic heterocycles. The van der Waals surface area contributed by atoms with Gasteiger partial charge in [-0.25, -0.2) is 18.4 Å². The molecule has 0 N–H and O–H groups in total. The lowest BCUT2D eigenvalue weighted by atomic mass is 9.92. The lowest BCUT2D eigenvalue weighted by molar-refractivity contribution is 0.453. The van der Waals surface area contributed by atoms with Crippen LogP contribution in [-0.4, -0.2) is 58.7 Å². The molecule has 0 spiro atoms. The molecule has 27 heavy (non-hydrogen) atoms. The molecule has 0 amide bonds. The number of hydrogen-bond donors (Lipinski definition) is 0. The zero-order valence-corrected chi connectivity index (χ0v) is 17.0. The molecular formula is C18H26N6O2S. The van der Waals surface area contributed by atoms with E-state index in [1.54, 1.807) is 23.9 Å². The first-order chi connectivity index (χ1) is 12.6. The number of aromatic nitrogens is 4. The molecule has 0 aromatic carbocycles. The fourth-order valence-electron chi connectivity index (χ4n) is 3.94. The van der Waals surface area contributed by atoms with Gasteiger partial charge in [0.25, 0.3) is 0 Å². The van der Waals surface area contributed by atoms with E-state index in [1.165, 1.54) is 10.9 Å². The average molecular weight is 391 g/mol. The first kappa shape index (κ1) is 18.4. The molecule has 2 atom stereocenters. The van der Waals surface area contributed by atoms with Crippen molar-refractivity contribution in [3.05, 3.63) is 30.5 Å². The zero-order chi connectivity index (χ0) is 19.4. The SMILES string of the molecule is Cn1cc(S(=O)(=O)N2CC3CN(c4cc(C(C)(C)C)ncn4)CC3C2)cn1. The summed E-state index contributed by atoms with van der Waals surface area (Å²) in [6, 6.07) is 2.06. The summed E-state index contributed by atoms with van der Waals surface area (Å²) < 4.78 is 28.8. The van der Waals surface area contributed by atoms with Crippen LogP contribution < -0.4 is 4.90 Å². The van der Waals surface area contributed by atoms with Crippen LogP contribution >= 0.6 is 0 Å². The van der Waals surface area contributed by atoms with Gasteiger partial charge in [0.05, 0.1) is 11.9 Å². The van der Waals surface area contributed by atoms with Gasteiger partial charge in [0, 0.05) is 50.9 Å². The van der Waals surface area contributed by atoms with Gasteiger partial charge in [0.15, 0.2) is 0 Å². The molecule has 2 aromatic heterocycles. The maximum Gasteiger partial charge on any atom is 0.246 e. The van der Waals surface area contributed by atoms with E-state index in [4.69, 9.17) is 0 Å². The number of rotatable bonds is 3. The molecule has 0 bridgehead atoms. The Bertz CT molecular complexity index is 935. The Morgan fingerprint density at radius 3 is 2.30 bits per heavy atom. The number of aryl methyl sites for hydroxylation is 1. The van der Waals surface area contributed by atoms with Crippen molar-refractivity contribution in [2.24, 2.45) is 18.9 Å². The molecule has 2 saturated heterocycles. The number of hydrogen-bond acceptors (Lipinski definition) is 6. The van der Waals surface area contributed by atoms with Crippen LogP contribution in [0.25, 0.3) is 0 Å². The van der Waals surface area contributed by atoms with Crippen LogP contribution in [0.2, 0.25) is 0 Å². The monoisotopic (exact) mass is 390 g/mol. The number of fused-ring (bicyclic) bond motifs is 1. The molecule has 146 valence electrons. The predicted octanol–water partition coefficient (Wildman–Crippen LogP) is 1.26. The van der Waals surface area contributed by atoms with Gasteiger partial charge in [-0.15, -0.1) is 0 Å². The molecule has 4 rings (SSSR count). The molecule has 4 heterocycles. The van der Waals surface area contributed by atoms with E-state index < -0.39 is 10.0 Å². The molecule has 0 saturated carbocycles. The van der Waals surface area contributed by atoms with Crippen molar-refractivity contribution in [3.63, 3.8) is 0 Å². The average Bonchev–Trinajstić information content (AvgIpc) is 3.28. The molecule has 8 nitrogen and oxygen atoms in total. The van der Waals surface area contributed by atoms with Crippen molar-refractivity contribution in [2.45, 2.75) is 31.1 Å². The topological polar surface area (TPSA) is 84.2 Å². The Morgan fingerprint density at radius 1 is 1.07 bits per heavy atom. The summed E-state index contributed by atoms with van der Waals surface area (Å²) in [7, 11) is -1.74. The molecule has 0 radical (unpaired) electrons. The highest BCUT2D eigenvalue weighted by molar-refractivity contribution is 7.89. The third-order valence-corrected chi connectivity index (χ3v) is 7.30. The minimum atomic E-state index is -3.46. The van der Waals surface area contributed by atoms with Crippen LogP contribution in [0.15, 0.2) is 29.7 Å². The second-order valence-electron chi connectivity index (χ2n) is 8.61. The van der Waals surface area contributed by atoms with Crippen molar-refractivity contribution in [1.29, 1.82) is 0 Å². The maximum atomic E-state index is 12.8. The predicted molar refractivity (Wildman–Crippen MR) is 102 cm³/mol. The minimum Gasteiger partial charge on any atom is -0.356 e. The smallest absolute Gasteiger partial charge is 0.246 e. The summed E-state index contributed by atoms with van der Waals surface area (Å²) in [6.45, 7) is 9.16. The van der Waals surface area contributed by atoms with Crippen molar-refractivity contribution >= 4 is 15.8 Å². The highest BCUT2D eigenvalue weighted by Gasteiger charge is 2.45. The van der Waals surface area contributed by atoms with Crippen LogP contribution in [0.3, 0.4) is 0 Å². The van der Waals surface area contributed by atoms with Gasteiger partial charge >= 0.3 is 0 Å². The fourth-order valence-corrected chi connectivity index (χ4v) is 5.48. The zero-order valence-electron chi connectivity index (χ0n) is 16.2. The summed E-state index contributed by atoms with van der Waals surface area (Å²) >= 11 is 0. The summed E-state index contributed by atoms with van der Waals surface area (Å²) in [5.74, 6) is 1.58. The van der Waals surface area contributed by atoms with E-state index in [-0.39, 0.29) is 10.3 Å². The van der Waals surface area contributed by atoms with E-state index in [9.17, 15) is 8.42 Å². The molecule has 2 unspecified atom stereocenters. The first-order valence-corrected chi connectivity index (χ1v) is 10.6. The molecule has 2 aliphatic rings. The number of sulfonamides is 1. The summed E-state index contributed by atoms with van der Waals surface area (Å²) in [4.78, 5) is 11.4. The minimum absolute atomic E-state index is 0.0259. The van der Waals surface area contributed by atoms with E-state index in [0.29, 0.717) is 24.9 Å². The Hall–Kier alpha value is -2.00. The van der Waals surface area contributed by atoms with Crippen molar-refractivity contribution < 1.29 is 8.42 Å². The highest BCUT2D eigenvalue weighted by Crippen LogP contribution is 2.36. The van der Waals surface area contributed by atoms with Gasteiger partial charge in [-0.3, -0.25) is 4.68 Å². The second kappa shape index (κ2) is 6.27. The second-order valence-corrected chi connectivity index (χ2v) is 10.5. The van der Waals surface area contributed by atoms with E-state index >= 15 is 0 Å². The standard InChI is InChI=1S/C18H26N6O2S/c1-18(2,3)16-5-17(20-12-19-16)23-7-13-9-24(10-14(13)8-23)27(25,26)15-6-21-22(4)11-15/h5-6,11-14H,7-10H2,1-4H3. The summed E-state index contributed by atoms with van der Waals surface area (Å²) in [5, 5.41) is 3.99. The Balaban J connectivity index is 1.47. The quantitative estimate of drug-likeness (QED) is 0.785. The van der Waals surface area contributed by atoms with Crippen molar-refractivity contribution in [3.8, 4) is 0 Å². The van der Waals surface area contributed by atoms with Crippen molar-refractivity contribution in [1.82, 2.24) is 24.1 Å². The summed E-state index contributed by atoms with van der Waals surface area (Å²) in [6.07, 6.45) is 4.61. The maximum absolute atomic E-state index is 12.8. The normalized spacial score (nSPS) is 23.8. The van der Waals surface area contributed by atoms with Crippen LogP contribution in [0.5, 0.6) is 0 Å². The molecule has 2 fully saturated rings. The van der Waals surface area contributed by atoms with Gasteiger partial charge in [-0.1, -0.05) is 20.8 Å². The Morgan fingerprint density at radius 2 is 1.74 bits per heavy atom. The number of anilines is 1. The van der Waals surface area contributed by atoms with Gasteiger partial charge < -0.3 is 4.90 Å². The molecule has 0 aliphatic carbocycles. The van der Waals surface area contributed by atoms with Gasteiger partial charge in [-0.2, -0.15) is 9.40 Å². The van der Waals surface area contributed by atoms with Crippen molar-refractivity contribution in [2.75, 3.05) is 31.1 Å². The van der Waals surface area contributed by atoms with Gasteiger partial charge in [-0.05, 0) is 11.8 Å². The van der Waals surface area contributed by atoms with Gasteiger partial charge in [0.2, 0.25) is 10.0 Å². The van der Waals surface area contributed by atoms with Gasteiger partial charge in [0.1, 0.15) is 17.0 Å². The molecule has 2 aromatic rings. The summed E-state index contributed by atoms with van der Waals surface area (Å²) in [5.41, 5.74) is 0.993. The Labute approximate surface area is 160 Å². The third-order valence-electron chi connectivity index (χ3n) is 5.52. The lowest BCUT2D eigenvalue weighted by Crippen LogP contribution is -2.33. The van der Waals surface area contributed by atoms with Crippen LogP contribution in [-0.2, 0) is 22.5 Å². The highest BCUT2D eigenvalue weighted by atomic mass is 32.2. The Kier molecular flexibility index (Phi) is 4.27. The molecule has 9 heteroatoms. The van der Waals surface area contributed by atoms with E-state index in [1.807, 2.05) is 0 Å².